The summed E-state index contributed by atoms with van der Waals surface area (Å²) in [4.78, 5) is 40.6. The van der Waals surface area contributed by atoms with E-state index in [1.54, 1.807) is 27.8 Å². The fourth-order valence-corrected chi connectivity index (χ4v) is 4.03. The van der Waals surface area contributed by atoms with Crippen LogP contribution in [0.4, 0.5) is 5.69 Å². The summed E-state index contributed by atoms with van der Waals surface area (Å²) in [6, 6.07) is 0. The predicted octanol–water partition coefficient (Wildman–Crippen LogP) is 0.843. The second kappa shape index (κ2) is 15.0. The van der Waals surface area contributed by atoms with Gasteiger partial charge in [0, 0.05) is 48.7 Å². The summed E-state index contributed by atoms with van der Waals surface area (Å²) >= 11 is 5.59. The normalized spacial score (nSPS) is 12.7. The summed E-state index contributed by atoms with van der Waals surface area (Å²) in [7, 11) is 1.57. The predicted molar refractivity (Wildman–Crippen MR) is 134 cm³/mol. The van der Waals surface area contributed by atoms with Crippen molar-refractivity contribution in [3.8, 4) is 0 Å². The minimum Gasteiger partial charge on any atom is -0.395 e. The number of amides is 3. The lowest BCUT2D eigenvalue weighted by Gasteiger charge is -2.28. The first-order chi connectivity index (χ1) is 16.5. The Bertz CT molecular complexity index is 895. The molecular weight excluding hydrogens is 478 g/mol. The van der Waals surface area contributed by atoms with Gasteiger partial charge in [-0.25, -0.2) is 0 Å². The Labute approximate surface area is 211 Å². The molecule has 5 N–H and O–H groups in total. The number of nitrogens with zero attached hydrogens (tertiary/aromatic N) is 1. The molecule has 1 aromatic carbocycles. The minimum absolute atomic E-state index is 0.0287. The molecule has 0 saturated carbocycles. The number of anilines is 1. The largest absolute Gasteiger partial charge is 0.395 e. The van der Waals surface area contributed by atoms with Crippen molar-refractivity contribution in [1.82, 2.24) is 10.2 Å². The van der Waals surface area contributed by atoms with Crippen LogP contribution in [0.15, 0.2) is 0 Å². The van der Waals surface area contributed by atoms with Crippen LogP contribution in [0.25, 0.3) is 0 Å². The van der Waals surface area contributed by atoms with Crippen molar-refractivity contribution in [2.24, 2.45) is 5.92 Å². The van der Waals surface area contributed by atoms with Crippen molar-refractivity contribution in [2.75, 3.05) is 57.8 Å². The molecule has 0 aliphatic rings. The van der Waals surface area contributed by atoms with Crippen LogP contribution in [0.3, 0.4) is 0 Å². The maximum Gasteiger partial charge on any atom is 0.254 e. The third-order valence-electron chi connectivity index (χ3n) is 5.77. The molecule has 0 fully saturated rings. The van der Waals surface area contributed by atoms with Gasteiger partial charge in [-0.05, 0) is 37.0 Å². The second-order valence-electron chi connectivity index (χ2n) is 8.39. The van der Waals surface area contributed by atoms with Crippen LogP contribution in [0, 0.1) is 19.8 Å². The van der Waals surface area contributed by atoms with E-state index in [9.17, 15) is 24.6 Å². The Morgan fingerprint density at radius 3 is 2.34 bits per heavy atom. The Morgan fingerprint density at radius 2 is 1.80 bits per heavy atom. The number of carbonyl (C=O) groups excluding carboxylic acids is 3. The SMILES string of the molecule is CCc1c(NC(=O)COCCCl)c(C)c(C(=O)NCCO)c(C)c1C(=O)N(C)CC(C)C(O)CO. The van der Waals surface area contributed by atoms with Crippen LogP contribution >= 0.6 is 11.6 Å². The summed E-state index contributed by atoms with van der Waals surface area (Å²) in [6.45, 7) is 6.38. The monoisotopic (exact) mass is 515 g/mol. The molecule has 0 spiro atoms. The van der Waals surface area contributed by atoms with Crippen molar-refractivity contribution in [2.45, 2.75) is 40.2 Å². The summed E-state index contributed by atoms with van der Waals surface area (Å²) in [5, 5.41) is 33.7. The topological polar surface area (TPSA) is 148 Å². The molecule has 10 nitrogen and oxygen atoms in total. The van der Waals surface area contributed by atoms with E-state index in [2.05, 4.69) is 10.6 Å². The molecular formula is C24H38ClN3O7. The van der Waals surface area contributed by atoms with Crippen LogP contribution in [-0.2, 0) is 16.0 Å². The van der Waals surface area contributed by atoms with Gasteiger partial charge >= 0.3 is 0 Å². The van der Waals surface area contributed by atoms with Gasteiger partial charge in [0.1, 0.15) is 6.61 Å². The molecule has 2 unspecified atom stereocenters. The van der Waals surface area contributed by atoms with Gasteiger partial charge in [0.2, 0.25) is 5.91 Å². The lowest BCUT2D eigenvalue weighted by atomic mass is 9.88. The number of benzene rings is 1. The molecule has 2 atom stereocenters. The molecule has 11 heteroatoms. The lowest BCUT2D eigenvalue weighted by Crippen LogP contribution is -2.38. The summed E-state index contributed by atoms with van der Waals surface area (Å²) in [6.07, 6.45) is -0.597. The molecule has 198 valence electrons. The maximum absolute atomic E-state index is 13.6. The highest BCUT2D eigenvalue weighted by molar-refractivity contribution is 6.18. The van der Waals surface area contributed by atoms with Gasteiger partial charge in [0.15, 0.2) is 0 Å². The second-order valence-corrected chi connectivity index (χ2v) is 8.77. The molecule has 1 rings (SSSR count). The number of nitrogens with one attached hydrogen (secondary N) is 2. The third kappa shape index (κ3) is 8.15. The van der Waals surface area contributed by atoms with E-state index in [0.717, 1.165) is 0 Å². The third-order valence-corrected chi connectivity index (χ3v) is 5.92. The van der Waals surface area contributed by atoms with Crippen molar-refractivity contribution in [3.63, 3.8) is 0 Å². The van der Waals surface area contributed by atoms with Gasteiger partial charge in [-0.1, -0.05) is 13.8 Å². The number of alkyl halides is 1. The number of aliphatic hydroxyl groups excluding tert-OH is 3. The first-order valence-corrected chi connectivity index (χ1v) is 12.1. The minimum atomic E-state index is -0.988. The van der Waals surface area contributed by atoms with Gasteiger partial charge in [-0.15, -0.1) is 11.6 Å². The number of aliphatic hydroxyl groups is 3. The number of hydrogen-bond donors (Lipinski definition) is 5. The molecule has 0 aliphatic heterocycles. The lowest BCUT2D eigenvalue weighted by molar-refractivity contribution is -0.120. The van der Waals surface area contributed by atoms with E-state index < -0.39 is 30.4 Å². The van der Waals surface area contributed by atoms with E-state index in [1.807, 2.05) is 6.92 Å². The average Bonchev–Trinajstić information content (AvgIpc) is 2.83. The molecule has 0 bridgehead atoms. The Balaban J connectivity index is 3.60. The highest BCUT2D eigenvalue weighted by Gasteiger charge is 2.29. The average molecular weight is 516 g/mol. The number of halogens is 1. The number of rotatable bonds is 14. The highest BCUT2D eigenvalue weighted by atomic mass is 35.5. The van der Waals surface area contributed by atoms with Crippen LogP contribution in [0.5, 0.6) is 0 Å². The van der Waals surface area contributed by atoms with E-state index in [1.165, 1.54) is 4.90 Å². The van der Waals surface area contributed by atoms with E-state index >= 15 is 0 Å². The van der Waals surface area contributed by atoms with E-state index in [0.29, 0.717) is 28.8 Å². The highest BCUT2D eigenvalue weighted by Crippen LogP contribution is 2.33. The molecule has 0 heterocycles. The van der Waals surface area contributed by atoms with E-state index in [-0.39, 0.29) is 55.8 Å². The maximum atomic E-state index is 13.6. The first-order valence-electron chi connectivity index (χ1n) is 11.6. The molecule has 0 radical (unpaired) electrons. The van der Waals surface area contributed by atoms with Crippen molar-refractivity contribution in [3.05, 3.63) is 27.8 Å². The van der Waals surface area contributed by atoms with E-state index in [4.69, 9.17) is 21.4 Å². The smallest absolute Gasteiger partial charge is 0.254 e. The summed E-state index contributed by atoms with van der Waals surface area (Å²) in [5.74, 6) is -1.48. The quantitative estimate of drug-likeness (QED) is 0.182. The summed E-state index contributed by atoms with van der Waals surface area (Å²) in [5.41, 5.74) is 2.36. The molecule has 0 saturated heterocycles. The fraction of sp³-hybridized carbons (Fsp3) is 0.625. The molecule has 35 heavy (non-hydrogen) atoms. The van der Waals surface area contributed by atoms with Crippen molar-refractivity contribution in [1.29, 1.82) is 0 Å². The zero-order chi connectivity index (χ0) is 26.7. The van der Waals surface area contributed by atoms with Crippen LogP contribution in [0.2, 0.25) is 0 Å². The van der Waals surface area contributed by atoms with Crippen LogP contribution in [-0.4, -0.2) is 96.5 Å². The van der Waals surface area contributed by atoms with Crippen molar-refractivity contribution < 1.29 is 34.4 Å². The summed E-state index contributed by atoms with van der Waals surface area (Å²) < 4.78 is 5.21. The zero-order valence-electron chi connectivity index (χ0n) is 21.1. The van der Waals surface area contributed by atoms with Crippen LogP contribution in [0.1, 0.15) is 51.3 Å². The Morgan fingerprint density at radius 1 is 1.14 bits per heavy atom. The van der Waals surface area contributed by atoms with Gasteiger partial charge < -0.3 is 35.6 Å². The van der Waals surface area contributed by atoms with Gasteiger partial charge in [0.05, 0.1) is 25.9 Å². The molecule has 3 amide bonds. The number of carbonyl (C=O) groups is 3. The number of ether oxygens (including phenoxy) is 1. The van der Waals surface area contributed by atoms with Gasteiger partial charge in [0.25, 0.3) is 11.8 Å². The van der Waals surface area contributed by atoms with Crippen LogP contribution < -0.4 is 10.6 Å². The first kappa shape index (κ1) is 30.8. The standard InChI is InChI=1S/C24H38ClN3O7/c1-6-17-21(24(34)28(5)11-14(2)18(31)12-30)15(3)20(23(33)26-8-9-29)16(4)22(17)27-19(32)13-35-10-7-25/h14,18,29-31H,6-13H2,1-5H3,(H,26,33)(H,27,32). The Kier molecular flexibility index (Phi) is 13.2. The fourth-order valence-electron chi connectivity index (χ4n) is 3.92. The molecule has 1 aromatic rings. The zero-order valence-corrected chi connectivity index (χ0v) is 21.9. The van der Waals surface area contributed by atoms with Crippen molar-refractivity contribution >= 4 is 35.0 Å². The van der Waals surface area contributed by atoms with Gasteiger partial charge in [-0.2, -0.15) is 0 Å². The number of hydrogen-bond acceptors (Lipinski definition) is 7. The molecule has 0 aliphatic carbocycles. The molecule has 0 aromatic heterocycles. The van der Waals surface area contributed by atoms with Gasteiger partial charge in [-0.3, -0.25) is 14.4 Å². The Hall–Kier alpha value is -2.24.